The maximum Gasteiger partial charge on any atom is 0.273 e. The summed E-state index contributed by atoms with van der Waals surface area (Å²) >= 11 is 1.46. The molecule has 9 heteroatoms. The van der Waals surface area contributed by atoms with Gasteiger partial charge >= 0.3 is 0 Å². The molecule has 1 aromatic heterocycles. The number of carbonyl (C=O) groups is 2. The number of nitrogens with zero attached hydrogens (tertiary/aromatic N) is 5. The monoisotopic (exact) mass is 484 g/mol. The maximum atomic E-state index is 12.8. The molecule has 1 N–H and O–H groups in total. The molecule has 4 rings (SSSR count). The van der Waals surface area contributed by atoms with Gasteiger partial charge in [-0.15, -0.1) is 11.3 Å². The van der Waals surface area contributed by atoms with E-state index >= 15 is 0 Å². The fourth-order valence-corrected chi connectivity index (χ4v) is 5.23. The number of amides is 2. The highest BCUT2D eigenvalue weighted by molar-refractivity contribution is 7.13. The first-order chi connectivity index (χ1) is 16.5. The number of anilines is 1. The molecule has 34 heavy (non-hydrogen) atoms. The van der Waals surface area contributed by atoms with E-state index in [1.54, 1.807) is 0 Å². The molecule has 0 spiro atoms. The topological polar surface area (TPSA) is 72.0 Å². The second-order valence-corrected chi connectivity index (χ2v) is 10.2. The van der Waals surface area contributed by atoms with E-state index < -0.39 is 0 Å². The van der Waals surface area contributed by atoms with Crippen molar-refractivity contribution in [3.8, 4) is 0 Å². The molecule has 2 saturated heterocycles. The molecule has 0 radical (unpaired) electrons. The van der Waals surface area contributed by atoms with Crippen LogP contribution in [0.4, 0.5) is 5.13 Å². The van der Waals surface area contributed by atoms with Gasteiger partial charge in [0.25, 0.3) is 5.91 Å². The van der Waals surface area contributed by atoms with Gasteiger partial charge in [-0.25, -0.2) is 4.98 Å². The Morgan fingerprint density at radius 3 is 2.26 bits per heavy atom. The number of thiazole rings is 1. The van der Waals surface area contributed by atoms with E-state index in [2.05, 4.69) is 58.2 Å². The van der Waals surface area contributed by atoms with E-state index in [4.69, 9.17) is 0 Å². The molecular formula is C25H36N6O2S. The number of hydrogen-bond donors (Lipinski definition) is 1. The molecule has 0 atom stereocenters. The van der Waals surface area contributed by atoms with E-state index in [-0.39, 0.29) is 17.9 Å². The largest absolute Gasteiger partial charge is 0.359 e. The summed E-state index contributed by atoms with van der Waals surface area (Å²) in [7, 11) is 0. The second kappa shape index (κ2) is 11.8. The second-order valence-electron chi connectivity index (χ2n) is 9.36. The SMILES string of the molecule is CC(C)Nc1nc(C(=O)N2CCN(CC(=O)N3CCN(CCc4ccccc4)CC3)CC2)cs1. The Kier molecular flexibility index (Phi) is 8.53. The van der Waals surface area contributed by atoms with Crippen LogP contribution >= 0.6 is 11.3 Å². The first-order valence-electron chi connectivity index (χ1n) is 12.3. The van der Waals surface area contributed by atoms with Gasteiger partial charge in [0, 0.05) is 70.3 Å². The van der Waals surface area contributed by atoms with Crippen LogP contribution in [0.2, 0.25) is 0 Å². The van der Waals surface area contributed by atoms with Crippen molar-refractivity contribution in [2.45, 2.75) is 26.3 Å². The molecule has 0 bridgehead atoms. The van der Waals surface area contributed by atoms with Gasteiger partial charge in [0.15, 0.2) is 5.13 Å². The predicted molar refractivity (Wildman–Crippen MR) is 136 cm³/mol. The van der Waals surface area contributed by atoms with Gasteiger partial charge in [-0.1, -0.05) is 30.3 Å². The Morgan fingerprint density at radius 1 is 0.941 bits per heavy atom. The Morgan fingerprint density at radius 2 is 1.59 bits per heavy atom. The molecule has 1 aromatic carbocycles. The zero-order valence-corrected chi connectivity index (χ0v) is 21.1. The predicted octanol–water partition coefficient (Wildman–Crippen LogP) is 2.11. The lowest BCUT2D eigenvalue weighted by Gasteiger charge is -2.38. The molecule has 2 amide bonds. The number of carbonyl (C=O) groups excluding carboxylic acids is 2. The summed E-state index contributed by atoms with van der Waals surface area (Å²) < 4.78 is 0. The fourth-order valence-electron chi connectivity index (χ4n) is 4.40. The minimum Gasteiger partial charge on any atom is -0.359 e. The molecule has 2 aliphatic heterocycles. The average molecular weight is 485 g/mol. The standard InChI is InChI=1S/C25H36N6O2S/c1-20(2)26-25-27-22(19-34-25)24(33)31-16-12-29(13-17-31)18-23(32)30-14-10-28(11-15-30)9-8-21-6-4-3-5-7-21/h3-7,19-20H,8-18H2,1-2H3,(H,26,27). The molecular weight excluding hydrogens is 448 g/mol. The van der Waals surface area contributed by atoms with Crippen LogP contribution < -0.4 is 5.32 Å². The third-order valence-corrected chi connectivity index (χ3v) is 7.21. The number of nitrogens with one attached hydrogen (secondary N) is 1. The highest BCUT2D eigenvalue weighted by Gasteiger charge is 2.27. The molecule has 184 valence electrons. The number of hydrogen-bond acceptors (Lipinski definition) is 7. The molecule has 3 heterocycles. The van der Waals surface area contributed by atoms with Gasteiger partial charge in [0.1, 0.15) is 5.69 Å². The van der Waals surface area contributed by atoms with Crippen molar-refractivity contribution in [1.82, 2.24) is 24.6 Å². The van der Waals surface area contributed by atoms with Gasteiger partial charge in [-0.2, -0.15) is 0 Å². The summed E-state index contributed by atoms with van der Waals surface area (Å²) in [6.45, 7) is 11.7. The number of benzene rings is 1. The number of rotatable bonds is 8. The first kappa shape index (κ1) is 24.6. The van der Waals surface area contributed by atoms with E-state index in [0.717, 1.165) is 57.4 Å². The maximum absolute atomic E-state index is 12.8. The van der Waals surface area contributed by atoms with Gasteiger partial charge in [0.2, 0.25) is 5.91 Å². The lowest BCUT2D eigenvalue weighted by Crippen LogP contribution is -2.54. The zero-order valence-electron chi connectivity index (χ0n) is 20.3. The van der Waals surface area contributed by atoms with Crippen molar-refractivity contribution in [3.63, 3.8) is 0 Å². The average Bonchev–Trinajstić information content (AvgIpc) is 3.31. The van der Waals surface area contributed by atoms with Crippen molar-refractivity contribution in [2.24, 2.45) is 0 Å². The van der Waals surface area contributed by atoms with Crippen molar-refractivity contribution in [2.75, 3.05) is 70.8 Å². The lowest BCUT2D eigenvalue weighted by atomic mass is 10.1. The van der Waals surface area contributed by atoms with E-state index in [1.165, 1.54) is 16.9 Å². The van der Waals surface area contributed by atoms with Crippen LogP contribution in [-0.4, -0.2) is 108 Å². The molecule has 2 fully saturated rings. The summed E-state index contributed by atoms with van der Waals surface area (Å²) in [4.78, 5) is 38.5. The Hall–Kier alpha value is -2.49. The molecule has 8 nitrogen and oxygen atoms in total. The normalized spacial score (nSPS) is 17.9. The summed E-state index contributed by atoms with van der Waals surface area (Å²) in [5.41, 5.74) is 1.86. The third-order valence-electron chi connectivity index (χ3n) is 6.44. The van der Waals surface area contributed by atoms with Crippen molar-refractivity contribution < 1.29 is 9.59 Å². The molecule has 0 aliphatic carbocycles. The minimum atomic E-state index is -0.0225. The summed E-state index contributed by atoms with van der Waals surface area (Å²) in [5, 5.41) is 5.85. The van der Waals surface area contributed by atoms with Gasteiger partial charge in [-0.05, 0) is 25.8 Å². The minimum absolute atomic E-state index is 0.0225. The van der Waals surface area contributed by atoms with Crippen LogP contribution in [0.15, 0.2) is 35.7 Å². The fraction of sp³-hybridized carbons (Fsp3) is 0.560. The van der Waals surface area contributed by atoms with Crippen LogP contribution in [0.1, 0.15) is 29.9 Å². The molecule has 2 aromatic rings. The van der Waals surface area contributed by atoms with Crippen LogP contribution in [0.5, 0.6) is 0 Å². The highest BCUT2D eigenvalue weighted by atomic mass is 32.1. The number of aromatic nitrogens is 1. The van der Waals surface area contributed by atoms with Crippen molar-refractivity contribution >= 4 is 28.3 Å². The van der Waals surface area contributed by atoms with Crippen molar-refractivity contribution in [3.05, 3.63) is 47.0 Å². The molecule has 0 saturated carbocycles. The van der Waals surface area contributed by atoms with E-state index in [9.17, 15) is 9.59 Å². The van der Waals surface area contributed by atoms with E-state index in [1.807, 2.05) is 21.2 Å². The quantitative estimate of drug-likeness (QED) is 0.619. The number of piperazine rings is 2. The van der Waals surface area contributed by atoms with Crippen LogP contribution in [0, 0.1) is 0 Å². The van der Waals surface area contributed by atoms with Crippen molar-refractivity contribution in [1.29, 1.82) is 0 Å². The summed E-state index contributed by atoms with van der Waals surface area (Å²) in [5.74, 6) is 0.178. The highest BCUT2D eigenvalue weighted by Crippen LogP contribution is 2.18. The van der Waals surface area contributed by atoms with Gasteiger partial charge < -0.3 is 15.1 Å². The van der Waals surface area contributed by atoms with Gasteiger partial charge in [0.05, 0.1) is 6.54 Å². The Labute approximate surface area is 206 Å². The Balaban J connectivity index is 1.15. The lowest BCUT2D eigenvalue weighted by molar-refractivity contribution is -0.134. The smallest absolute Gasteiger partial charge is 0.273 e. The van der Waals surface area contributed by atoms with Gasteiger partial charge in [-0.3, -0.25) is 19.4 Å². The van der Waals surface area contributed by atoms with Crippen LogP contribution in [0.3, 0.4) is 0 Å². The summed E-state index contributed by atoms with van der Waals surface area (Å²) in [6, 6.07) is 10.8. The zero-order chi connectivity index (χ0) is 23.9. The summed E-state index contributed by atoms with van der Waals surface area (Å²) in [6.07, 6.45) is 1.05. The van der Waals surface area contributed by atoms with Crippen LogP contribution in [-0.2, 0) is 11.2 Å². The van der Waals surface area contributed by atoms with Crippen LogP contribution in [0.25, 0.3) is 0 Å². The van der Waals surface area contributed by atoms with E-state index in [0.29, 0.717) is 25.3 Å². The third kappa shape index (κ3) is 6.77. The Bertz CT molecular complexity index is 934. The first-order valence-corrected chi connectivity index (χ1v) is 13.1. The molecule has 2 aliphatic rings. The molecule has 0 unspecified atom stereocenters.